The van der Waals surface area contributed by atoms with Crippen molar-refractivity contribution in [3.05, 3.63) is 58.1 Å². The molecular formula is C15H12BrNO4S. The molecule has 0 spiro atoms. The van der Waals surface area contributed by atoms with Crippen LogP contribution in [-0.4, -0.2) is 26.0 Å². The van der Waals surface area contributed by atoms with Crippen LogP contribution >= 0.6 is 15.9 Å². The number of para-hydroxylation sites is 1. The van der Waals surface area contributed by atoms with E-state index in [1.165, 1.54) is 22.5 Å². The van der Waals surface area contributed by atoms with Crippen molar-refractivity contribution in [3.8, 4) is 0 Å². The molecule has 2 aromatic carbocycles. The van der Waals surface area contributed by atoms with Gasteiger partial charge in [0.1, 0.15) is 0 Å². The maximum Gasteiger partial charge on any atom is 0.336 e. The minimum atomic E-state index is -3.78. The molecule has 1 aliphatic heterocycles. The van der Waals surface area contributed by atoms with Crippen molar-refractivity contribution in [2.75, 3.05) is 10.8 Å². The highest BCUT2D eigenvalue weighted by atomic mass is 79.9. The number of halogens is 1. The average Bonchev–Trinajstić information content (AvgIpc) is 2.91. The van der Waals surface area contributed by atoms with Gasteiger partial charge in [-0.15, -0.1) is 0 Å². The van der Waals surface area contributed by atoms with Gasteiger partial charge in [-0.05, 0) is 52.2 Å². The number of hydrogen-bond donors (Lipinski definition) is 1. The summed E-state index contributed by atoms with van der Waals surface area (Å²) in [7, 11) is -3.78. The Kier molecular flexibility index (Phi) is 3.70. The van der Waals surface area contributed by atoms with E-state index in [1.807, 2.05) is 12.1 Å². The number of carbonyl (C=O) groups is 1. The number of aromatic carboxylic acids is 1. The summed E-state index contributed by atoms with van der Waals surface area (Å²) >= 11 is 3.12. The quantitative estimate of drug-likeness (QED) is 0.886. The summed E-state index contributed by atoms with van der Waals surface area (Å²) in [5.41, 5.74) is 1.55. The highest BCUT2D eigenvalue weighted by molar-refractivity contribution is 9.10. The number of benzene rings is 2. The lowest BCUT2D eigenvalue weighted by atomic mass is 10.2. The van der Waals surface area contributed by atoms with E-state index in [-0.39, 0.29) is 10.5 Å². The van der Waals surface area contributed by atoms with Gasteiger partial charge in [-0.2, -0.15) is 0 Å². The third-order valence-corrected chi connectivity index (χ3v) is 6.10. The molecule has 22 heavy (non-hydrogen) atoms. The van der Waals surface area contributed by atoms with Crippen molar-refractivity contribution in [2.24, 2.45) is 0 Å². The molecule has 1 heterocycles. The van der Waals surface area contributed by atoms with Crippen LogP contribution in [0.2, 0.25) is 0 Å². The molecule has 2 aromatic rings. The largest absolute Gasteiger partial charge is 0.478 e. The Morgan fingerprint density at radius 3 is 2.64 bits per heavy atom. The number of rotatable bonds is 3. The summed E-state index contributed by atoms with van der Waals surface area (Å²) in [4.78, 5) is 11.2. The van der Waals surface area contributed by atoms with Crippen molar-refractivity contribution in [1.29, 1.82) is 0 Å². The molecule has 0 aromatic heterocycles. The molecule has 0 bridgehead atoms. The van der Waals surface area contributed by atoms with Crippen LogP contribution < -0.4 is 4.31 Å². The fourth-order valence-corrected chi connectivity index (χ4v) is 4.46. The minimum Gasteiger partial charge on any atom is -0.478 e. The molecule has 0 fully saturated rings. The normalized spacial score (nSPS) is 14.0. The number of anilines is 1. The van der Waals surface area contributed by atoms with Crippen molar-refractivity contribution in [3.63, 3.8) is 0 Å². The minimum absolute atomic E-state index is 0.0233. The molecule has 0 aliphatic carbocycles. The average molecular weight is 382 g/mol. The lowest BCUT2D eigenvalue weighted by molar-refractivity contribution is 0.0695. The van der Waals surface area contributed by atoms with E-state index in [1.54, 1.807) is 12.1 Å². The second-order valence-electron chi connectivity index (χ2n) is 4.90. The number of sulfonamides is 1. The van der Waals surface area contributed by atoms with Crippen LogP contribution in [0.4, 0.5) is 5.69 Å². The van der Waals surface area contributed by atoms with E-state index in [0.717, 1.165) is 5.56 Å². The molecule has 114 valence electrons. The predicted molar refractivity (Wildman–Crippen MR) is 85.8 cm³/mol. The van der Waals surface area contributed by atoms with Crippen molar-refractivity contribution >= 4 is 37.6 Å². The van der Waals surface area contributed by atoms with E-state index in [4.69, 9.17) is 5.11 Å². The van der Waals surface area contributed by atoms with Crippen LogP contribution in [0.1, 0.15) is 15.9 Å². The smallest absolute Gasteiger partial charge is 0.336 e. The van der Waals surface area contributed by atoms with Crippen LogP contribution in [0.3, 0.4) is 0 Å². The number of nitrogens with zero attached hydrogens (tertiary/aromatic N) is 1. The predicted octanol–water partition coefficient (Wildman–Crippen LogP) is 2.90. The molecule has 7 heteroatoms. The SMILES string of the molecule is O=C(O)c1cc(S(=O)(=O)N2CCc3ccccc32)ccc1Br. The summed E-state index contributed by atoms with van der Waals surface area (Å²) in [6.07, 6.45) is 0.651. The number of carboxylic acid groups (broad SMARTS) is 1. The molecular weight excluding hydrogens is 370 g/mol. The maximum absolute atomic E-state index is 12.8. The first-order chi connectivity index (χ1) is 10.4. The third kappa shape index (κ3) is 2.40. The summed E-state index contributed by atoms with van der Waals surface area (Å²) in [5.74, 6) is -1.18. The topological polar surface area (TPSA) is 74.7 Å². The molecule has 0 unspecified atom stereocenters. The van der Waals surface area contributed by atoms with E-state index in [9.17, 15) is 13.2 Å². The third-order valence-electron chi connectivity index (χ3n) is 3.60. The highest BCUT2D eigenvalue weighted by Gasteiger charge is 2.31. The van der Waals surface area contributed by atoms with E-state index < -0.39 is 16.0 Å². The number of fused-ring (bicyclic) bond motifs is 1. The van der Waals surface area contributed by atoms with Crippen molar-refractivity contribution in [2.45, 2.75) is 11.3 Å². The van der Waals surface area contributed by atoms with Gasteiger partial charge >= 0.3 is 5.97 Å². The Morgan fingerprint density at radius 1 is 1.18 bits per heavy atom. The van der Waals surface area contributed by atoms with Crippen LogP contribution in [0.25, 0.3) is 0 Å². The van der Waals surface area contributed by atoms with Gasteiger partial charge < -0.3 is 5.11 Å². The zero-order valence-electron chi connectivity index (χ0n) is 11.4. The first kappa shape index (κ1) is 15.1. The molecule has 0 amide bonds. The zero-order chi connectivity index (χ0) is 15.9. The molecule has 0 radical (unpaired) electrons. The first-order valence-electron chi connectivity index (χ1n) is 6.55. The van der Waals surface area contributed by atoms with Crippen LogP contribution in [0, 0.1) is 0 Å². The zero-order valence-corrected chi connectivity index (χ0v) is 13.8. The summed E-state index contributed by atoms with van der Waals surface area (Å²) < 4.78 is 27.3. The molecule has 3 rings (SSSR count). The van der Waals surface area contributed by atoms with Crippen LogP contribution in [-0.2, 0) is 16.4 Å². The number of carboxylic acids is 1. The summed E-state index contributed by atoms with van der Waals surface area (Å²) in [6, 6.07) is 11.4. The molecule has 0 saturated heterocycles. The standard InChI is InChI=1S/C15H12BrNO4S/c16-13-6-5-11(9-12(13)15(18)19)22(20,21)17-8-7-10-3-1-2-4-14(10)17/h1-6,9H,7-8H2,(H,18,19). The molecule has 1 aliphatic rings. The molecule has 0 saturated carbocycles. The van der Waals surface area contributed by atoms with Gasteiger partial charge in [-0.25, -0.2) is 13.2 Å². The highest BCUT2D eigenvalue weighted by Crippen LogP contribution is 2.33. The fraction of sp³-hybridized carbons (Fsp3) is 0.133. The van der Waals surface area contributed by atoms with Crippen LogP contribution in [0.15, 0.2) is 51.8 Å². The van der Waals surface area contributed by atoms with Gasteiger partial charge in [0.05, 0.1) is 16.1 Å². The second-order valence-corrected chi connectivity index (χ2v) is 7.62. The van der Waals surface area contributed by atoms with Gasteiger partial charge in [-0.1, -0.05) is 18.2 Å². The molecule has 1 N–H and O–H groups in total. The first-order valence-corrected chi connectivity index (χ1v) is 8.78. The second kappa shape index (κ2) is 5.40. The Bertz CT molecular complexity index is 864. The Hall–Kier alpha value is -1.86. The van der Waals surface area contributed by atoms with Gasteiger partial charge in [0.2, 0.25) is 0 Å². The lowest BCUT2D eigenvalue weighted by Crippen LogP contribution is -2.29. The van der Waals surface area contributed by atoms with Gasteiger partial charge in [0.15, 0.2) is 0 Å². The Labute approximate surface area is 136 Å². The Balaban J connectivity index is 2.09. The van der Waals surface area contributed by atoms with E-state index in [0.29, 0.717) is 23.1 Å². The van der Waals surface area contributed by atoms with Crippen molar-refractivity contribution in [1.82, 2.24) is 0 Å². The molecule has 5 nitrogen and oxygen atoms in total. The fourth-order valence-electron chi connectivity index (χ4n) is 2.51. The van der Waals surface area contributed by atoms with Gasteiger partial charge in [0, 0.05) is 11.0 Å². The van der Waals surface area contributed by atoms with E-state index in [2.05, 4.69) is 15.9 Å². The van der Waals surface area contributed by atoms with Gasteiger partial charge in [0.25, 0.3) is 10.0 Å². The maximum atomic E-state index is 12.8. The van der Waals surface area contributed by atoms with E-state index >= 15 is 0 Å². The summed E-state index contributed by atoms with van der Waals surface area (Å²) in [5, 5.41) is 9.14. The lowest BCUT2D eigenvalue weighted by Gasteiger charge is -2.20. The van der Waals surface area contributed by atoms with Gasteiger partial charge in [-0.3, -0.25) is 4.31 Å². The monoisotopic (exact) mass is 381 g/mol. The Morgan fingerprint density at radius 2 is 1.91 bits per heavy atom. The number of hydrogen-bond acceptors (Lipinski definition) is 3. The molecule has 0 atom stereocenters. The van der Waals surface area contributed by atoms with Crippen molar-refractivity contribution < 1.29 is 18.3 Å². The summed E-state index contributed by atoms with van der Waals surface area (Å²) in [6.45, 7) is 0.361. The van der Waals surface area contributed by atoms with Crippen LogP contribution in [0.5, 0.6) is 0 Å².